The topological polar surface area (TPSA) is 6.48 Å². The van der Waals surface area contributed by atoms with Crippen LogP contribution in [0, 0.1) is 19.7 Å². The molecule has 0 amide bonds. The van der Waals surface area contributed by atoms with Gasteiger partial charge in [-0.1, -0.05) is 171 Å². The van der Waals surface area contributed by atoms with Crippen molar-refractivity contribution in [2.45, 2.75) is 26.9 Å². The Kier molecular flexibility index (Phi) is 9.30. The van der Waals surface area contributed by atoms with Crippen LogP contribution in [0.1, 0.15) is 11.1 Å². The Hall–Kier alpha value is -7.79. The first-order valence-corrected chi connectivity index (χ1v) is 25.9. The van der Waals surface area contributed by atoms with Crippen molar-refractivity contribution in [1.82, 2.24) is 0 Å². The zero-order chi connectivity index (χ0) is 44.7. The number of benzene rings is 11. The Labute approximate surface area is 386 Å². The van der Waals surface area contributed by atoms with E-state index in [1.807, 2.05) is 66.7 Å². The number of nitrogens with zero attached hydrogens (tertiary/aromatic N) is 2. The van der Waals surface area contributed by atoms with Gasteiger partial charge in [-0.05, 0) is 139 Å². The van der Waals surface area contributed by atoms with E-state index in [1.54, 1.807) is 6.07 Å². The summed E-state index contributed by atoms with van der Waals surface area (Å²) >= 11 is 0. The third-order valence-electron chi connectivity index (χ3n) is 14.1. The van der Waals surface area contributed by atoms with Crippen LogP contribution in [0.5, 0.6) is 0 Å². The molecule has 0 fully saturated rings. The van der Waals surface area contributed by atoms with E-state index in [0.29, 0.717) is 5.69 Å². The average molecular weight is 867 g/mol. The summed E-state index contributed by atoms with van der Waals surface area (Å²) in [5, 5.41) is 9.99. The van der Waals surface area contributed by atoms with Gasteiger partial charge in [-0.25, -0.2) is 4.39 Å². The first-order valence-electron chi connectivity index (χ1n) is 22.9. The van der Waals surface area contributed by atoms with E-state index in [-0.39, 0.29) is 5.82 Å². The van der Waals surface area contributed by atoms with Crippen molar-refractivity contribution in [3.05, 3.63) is 229 Å². The van der Waals surface area contributed by atoms with Gasteiger partial charge in [0, 0.05) is 33.4 Å². The number of anilines is 6. The lowest BCUT2D eigenvalue weighted by atomic mass is 9.88. The Morgan fingerprint density at radius 3 is 1.47 bits per heavy atom. The monoisotopic (exact) mass is 866 g/mol. The van der Waals surface area contributed by atoms with Crippen LogP contribution < -0.4 is 20.2 Å². The summed E-state index contributed by atoms with van der Waals surface area (Å²) < 4.78 is 17.7. The van der Waals surface area contributed by atoms with Crippen molar-refractivity contribution in [2.24, 2.45) is 0 Å². The molecule has 0 saturated heterocycles. The lowest BCUT2D eigenvalue weighted by molar-refractivity contribution is 0.630. The van der Waals surface area contributed by atoms with Crippen LogP contribution in [-0.4, -0.2) is 8.07 Å². The fourth-order valence-electron chi connectivity index (χ4n) is 11.1. The molecule has 0 radical (unpaired) electrons. The molecule has 0 N–H and O–H groups in total. The highest BCUT2D eigenvalue weighted by atomic mass is 28.3. The molecule has 11 aromatic carbocycles. The van der Waals surface area contributed by atoms with E-state index in [0.717, 1.165) is 56.0 Å². The van der Waals surface area contributed by atoms with Gasteiger partial charge >= 0.3 is 0 Å². The van der Waals surface area contributed by atoms with Crippen molar-refractivity contribution >= 4 is 84.9 Å². The summed E-state index contributed by atoms with van der Waals surface area (Å²) in [5.74, 6) is -0.289. The summed E-state index contributed by atoms with van der Waals surface area (Å²) in [6, 6.07) is 75.2. The van der Waals surface area contributed by atoms with Gasteiger partial charge in [0.05, 0.1) is 17.1 Å². The van der Waals surface area contributed by atoms with Gasteiger partial charge in [-0.3, -0.25) is 0 Å². The second-order valence-electron chi connectivity index (χ2n) is 18.3. The predicted molar refractivity (Wildman–Crippen MR) is 282 cm³/mol. The number of fused-ring (bicyclic) bond motifs is 3. The van der Waals surface area contributed by atoms with Gasteiger partial charge in [0.1, 0.15) is 13.9 Å². The molecule has 316 valence electrons. The number of aryl methyl sites for hydroxylation is 2. The van der Waals surface area contributed by atoms with E-state index in [2.05, 4.69) is 176 Å². The zero-order valence-electron chi connectivity index (χ0n) is 37.5. The zero-order valence-corrected chi connectivity index (χ0v) is 38.5. The van der Waals surface area contributed by atoms with Crippen LogP contribution in [0.4, 0.5) is 38.5 Å². The Morgan fingerprint density at radius 1 is 0.379 bits per heavy atom. The van der Waals surface area contributed by atoms with Crippen molar-refractivity contribution in [3.63, 3.8) is 0 Å². The number of halogens is 1. The highest BCUT2D eigenvalue weighted by Crippen LogP contribution is 2.51. The Morgan fingerprint density at radius 2 is 0.864 bits per heavy atom. The van der Waals surface area contributed by atoms with E-state index >= 15 is 4.39 Å². The molecule has 66 heavy (non-hydrogen) atoms. The molecule has 1 heterocycles. The first-order chi connectivity index (χ1) is 32.3. The summed E-state index contributed by atoms with van der Waals surface area (Å²) in [4.78, 5) is 4.69. The highest BCUT2D eigenvalue weighted by Gasteiger charge is 2.41. The molecule has 11 aromatic rings. The molecule has 0 saturated carbocycles. The summed E-state index contributed by atoms with van der Waals surface area (Å²) in [6.45, 7) is 9.46. The van der Waals surface area contributed by atoms with Gasteiger partial charge in [0.15, 0.2) is 0 Å². The van der Waals surface area contributed by atoms with Crippen LogP contribution in [0.2, 0.25) is 13.1 Å². The lowest BCUT2D eigenvalue weighted by Crippen LogP contribution is -2.50. The smallest absolute Gasteiger partial charge is 0.148 e. The molecule has 0 unspecified atom stereocenters. The molecule has 0 aliphatic carbocycles. The molecule has 0 atom stereocenters. The molecule has 4 heteroatoms. The SMILES string of the molecule is Cc1cc(N(c2ccccc2)c2cccc3c2[Si](C)(C)c2ccccc2-3)c2ccc3c(C)cc(N(c4ccccc4)c4c(F)cc(-c5ccccc5)cc4-c4ccccc4)c4ccc1c2c34. The van der Waals surface area contributed by atoms with E-state index in [4.69, 9.17) is 0 Å². The van der Waals surface area contributed by atoms with Crippen molar-refractivity contribution in [2.75, 3.05) is 9.80 Å². The molecular weight excluding hydrogens is 820 g/mol. The minimum Gasteiger partial charge on any atom is -0.310 e. The summed E-state index contributed by atoms with van der Waals surface area (Å²) in [7, 11) is -2.13. The maximum Gasteiger partial charge on any atom is 0.148 e. The van der Waals surface area contributed by atoms with Crippen LogP contribution in [0.25, 0.3) is 65.7 Å². The minimum absolute atomic E-state index is 0.289. The molecule has 0 aromatic heterocycles. The van der Waals surface area contributed by atoms with Crippen LogP contribution in [0.15, 0.2) is 212 Å². The van der Waals surface area contributed by atoms with Crippen molar-refractivity contribution < 1.29 is 4.39 Å². The maximum absolute atomic E-state index is 17.7. The molecular formula is C62H47FN2Si. The number of para-hydroxylation sites is 2. The van der Waals surface area contributed by atoms with Crippen LogP contribution in [0.3, 0.4) is 0 Å². The fourth-order valence-corrected chi connectivity index (χ4v) is 14.5. The van der Waals surface area contributed by atoms with Crippen LogP contribution in [-0.2, 0) is 0 Å². The van der Waals surface area contributed by atoms with E-state index < -0.39 is 8.07 Å². The van der Waals surface area contributed by atoms with Gasteiger partial charge in [0.25, 0.3) is 0 Å². The van der Waals surface area contributed by atoms with Crippen molar-refractivity contribution in [3.8, 4) is 33.4 Å². The third-order valence-corrected chi connectivity index (χ3v) is 17.6. The normalized spacial score (nSPS) is 12.7. The molecule has 0 bridgehead atoms. The largest absolute Gasteiger partial charge is 0.310 e. The maximum atomic E-state index is 17.7. The highest BCUT2D eigenvalue weighted by molar-refractivity contribution is 7.04. The van der Waals surface area contributed by atoms with Gasteiger partial charge in [-0.15, -0.1) is 0 Å². The number of hydrogen-bond donors (Lipinski definition) is 0. The lowest BCUT2D eigenvalue weighted by Gasteiger charge is -2.33. The van der Waals surface area contributed by atoms with Gasteiger partial charge in [-0.2, -0.15) is 0 Å². The number of rotatable bonds is 8. The minimum atomic E-state index is -2.13. The fraction of sp³-hybridized carbons (Fsp3) is 0.0645. The summed E-state index contributed by atoms with van der Waals surface area (Å²) in [5.41, 5.74) is 14.4. The second-order valence-corrected chi connectivity index (χ2v) is 22.6. The van der Waals surface area contributed by atoms with Gasteiger partial charge in [0.2, 0.25) is 0 Å². The Bertz CT molecular complexity index is 3640. The summed E-state index contributed by atoms with van der Waals surface area (Å²) in [6.07, 6.45) is 0. The van der Waals surface area contributed by atoms with E-state index in [1.165, 1.54) is 59.7 Å². The number of hydrogen-bond acceptors (Lipinski definition) is 2. The molecule has 0 spiro atoms. The standard InChI is InChI=1S/C62H47FN2Si/c1-40-36-56(64(45-24-13-7-14-25-45)55-30-19-29-50-49-28-17-18-31-58(49)66(3,4)62(50)55)51-34-32-48-41(2)37-57(52-35-33-47(40)59(51)60(48)52)65(46-26-15-8-16-27-46)61-53(43-22-11-6-12-23-43)38-44(39-54(61)63)42-20-9-5-10-21-42/h5-39H,1-4H3. The molecule has 1 aliphatic rings. The third kappa shape index (κ3) is 6.13. The Balaban J connectivity index is 1.15. The first kappa shape index (κ1) is 39.8. The van der Waals surface area contributed by atoms with Gasteiger partial charge < -0.3 is 9.80 Å². The molecule has 2 nitrogen and oxygen atoms in total. The molecule has 1 aliphatic heterocycles. The predicted octanol–water partition coefficient (Wildman–Crippen LogP) is 16.4. The average Bonchev–Trinajstić information content (AvgIpc) is 3.60. The molecule has 12 rings (SSSR count). The van der Waals surface area contributed by atoms with Crippen molar-refractivity contribution in [1.29, 1.82) is 0 Å². The van der Waals surface area contributed by atoms with E-state index in [9.17, 15) is 0 Å². The van der Waals surface area contributed by atoms with Crippen LogP contribution >= 0.6 is 0 Å². The second kappa shape index (κ2) is 15.4. The quantitative estimate of drug-likeness (QED) is 0.111.